The minimum Gasteiger partial charge on any atom is -0.492 e. The van der Waals surface area contributed by atoms with Crippen LogP contribution in [0.4, 0.5) is 0 Å². The molecule has 0 saturated heterocycles. The van der Waals surface area contributed by atoms with Crippen LogP contribution >= 0.6 is 24.0 Å². The molecule has 1 saturated carbocycles. The molecule has 0 atom stereocenters. The second-order valence-corrected chi connectivity index (χ2v) is 5.96. The van der Waals surface area contributed by atoms with Crippen molar-refractivity contribution in [2.75, 3.05) is 40.0 Å². The largest absolute Gasteiger partial charge is 0.492 e. The Morgan fingerprint density at radius 3 is 2.50 bits per heavy atom. The molecule has 2 N–H and O–H groups in total. The van der Waals surface area contributed by atoms with Crippen molar-refractivity contribution in [3.8, 4) is 5.75 Å². The van der Waals surface area contributed by atoms with Gasteiger partial charge in [-0.3, -0.25) is 4.99 Å². The van der Waals surface area contributed by atoms with Crippen LogP contribution in [0, 0.1) is 12.8 Å². The van der Waals surface area contributed by atoms with E-state index in [1.807, 2.05) is 12.1 Å². The summed E-state index contributed by atoms with van der Waals surface area (Å²) in [4.78, 5) is 4.20. The molecule has 1 fully saturated rings. The molecule has 136 valence electrons. The van der Waals surface area contributed by atoms with Gasteiger partial charge in [0.2, 0.25) is 0 Å². The highest BCUT2D eigenvalue weighted by Gasteiger charge is 2.20. The number of guanidine groups is 1. The van der Waals surface area contributed by atoms with Crippen LogP contribution < -0.4 is 15.4 Å². The van der Waals surface area contributed by atoms with E-state index in [4.69, 9.17) is 9.47 Å². The fourth-order valence-electron chi connectivity index (χ4n) is 2.11. The molecule has 1 aromatic carbocycles. The highest BCUT2D eigenvalue weighted by molar-refractivity contribution is 14.0. The molecule has 5 nitrogen and oxygen atoms in total. The van der Waals surface area contributed by atoms with E-state index in [1.165, 1.54) is 18.4 Å². The van der Waals surface area contributed by atoms with Crippen LogP contribution in [0.3, 0.4) is 0 Å². The van der Waals surface area contributed by atoms with Gasteiger partial charge in [-0.15, -0.1) is 24.0 Å². The molecule has 2 rings (SSSR count). The van der Waals surface area contributed by atoms with Gasteiger partial charge in [0.05, 0.1) is 6.54 Å². The maximum Gasteiger partial charge on any atom is 0.191 e. The average Bonchev–Trinajstić information content (AvgIpc) is 3.38. The zero-order valence-corrected chi connectivity index (χ0v) is 17.0. The summed E-state index contributed by atoms with van der Waals surface area (Å²) in [5.74, 6) is 2.54. The van der Waals surface area contributed by atoms with Gasteiger partial charge in [0.1, 0.15) is 12.4 Å². The fraction of sp³-hybridized carbons (Fsp3) is 0.611. The van der Waals surface area contributed by atoms with E-state index in [-0.39, 0.29) is 24.0 Å². The molecule has 0 aromatic heterocycles. The van der Waals surface area contributed by atoms with Crippen molar-refractivity contribution in [1.82, 2.24) is 10.6 Å². The predicted octanol–water partition coefficient (Wildman–Crippen LogP) is 2.97. The number of aliphatic imine (C=N–C) groups is 1. The predicted molar refractivity (Wildman–Crippen MR) is 110 cm³/mol. The van der Waals surface area contributed by atoms with Crippen LogP contribution in [0.15, 0.2) is 29.3 Å². The molecule has 0 radical (unpaired) electrons. The van der Waals surface area contributed by atoms with Crippen molar-refractivity contribution < 1.29 is 9.47 Å². The second kappa shape index (κ2) is 12.4. The van der Waals surface area contributed by atoms with E-state index in [1.54, 1.807) is 7.05 Å². The first kappa shape index (κ1) is 21.0. The van der Waals surface area contributed by atoms with E-state index in [0.29, 0.717) is 13.2 Å². The van der Waals surface area contributed by atoms with Crippen LogP contribution in [0.5, 0.6) is 5.75 Å². The van der Waals surface area contributed by atoms with Crippen molar-refractivity contribution in [1.29, 1.82) is 0 Å². The van der Waals surface area contributed by atoms with Crippen molar-refractivity contribution in [2.45, 2.75) is 26.2 Å². The summed E-state index contributed by atoms with van der Waals surface area (Å²) in [6.45, 7) is 6.00. The average molecular weight is 447 g/mol. The summed E-state index contributed by atoms with van der Waals surface area (Å²) in [6, 6.07) is 8.08. The van der Waals surface area contributed by atoms with Gasteiger partial charge in [-0.25, -0.2) is 0 Å². The second-order valence-electron chi connectivity index (χ2n) is 5.96. The number of benzene rings is 1. The van der Waals surface area contributed by atoms with Gasteiger partial charge >= 0.3 is 0 Å². The zero-order chi connectivity index (χ0) is 16.3. The van der Waals surface area contributed by atoms with E-state index >= 15 is 0 Å². The third-order valence-electron chi connectivity index (χ3n) is 3.72. The van der Waals surface area contributed by atoms with Gasteiger partial charge in [0.25, 0.3) is 0 Å². The minimum absolute atomic E-state index is 0. The van der Waals surface area contributed by atoms with Crippen LogP contribution in [-0.4, -0.2) is 45.9 Å². The Hall–Kier alpha value is -1.02. The highest BCUT2D eigenvalue weighted by Crippen LogP contribution is 2.28. The number of hydrogen-bond donors (Lipinski definition) is 2. The van der Waals surface area contributed by atoms with E-state index in [2.05, 4.69) is 34.7 Å². The summed E-state index contributed by atoms with van der Waals surface area (Å²) in [7, 11) is 1.78. The number of rotatable bonds is 10. The molecule has 0 amide bonds. The fourth-order valence-corrected chi connectivity index (χ4v) is 2.11. The standard InChI is InChI=1S/C18H29N3O2.HI/c1-15-4-8-17(9-5-15)23-13-11-21-18(19-2)20-10-3-12-22-14-16-6-7-16;/h4-5,8-9,16H,3,6-7,10-14H2,1-2H3,(H2,19,20,21);1H. The van der Waals surface area contributed by atoms with Crippen molar-refractivity contribution in [3.63, 3.8) is 0 Å². The Morgan fingerprint density at radius 1 is 1.12 bits per heavy atom. The lowest BCUT2D eigenvalue weighted by Crippen LogP contribution is -2.39. The Labute approximate surface area is 162 Å². The molecule has 0 spiro atoms. The molecule has 1 aliphatic rings. The molecular formula is C18H30IN3O2. The van der Waals surface area contributed by atoms with Gasteiger partial charge in [0, 0.05) is 26.8 Å². The number of aryl methyl sites for hydroxylation is 1. The first-order valence-corrected chi connectivity index (χ1v) is 8.49. The molecule has 1 aliphatic carbocycles. The maximum atomic E-state index is 5.68. The Morgan fingerprint density at radius 2 is 1.83 bits per heavy atom. The molecule has 0 heterocycles. The number of nitrogens with one attached hydrogen (secondary N) is 2. The normalized spacial score (nSPS) is 14.0. The smallest absolute Gasteiger partial charge is 0.191 e. The van der Waals surface area contributed by atoms with Crippen LogP contribution in [-0.2, 0) is 4.74 Å². The summed E-state index contributed by atoms with van der Waals surface area (Å²) in [5.41, 5.74) is 1.24. The van der Waals surface area contributed by atoms with Gasteiger partial charge in [0.15, 0.2) is 5.96 Å². The molecular weight excluding hydrogens is 417 g/mol. The SMILES string of the molecule is CN=C(NCCCOCC1CC1)NCCOc1ccc(C)cc1.I. The van der Waals surface area contributed by atoms with Crippen molar-refractivity contribution in [2.24, 2.45) is 10.9 Å². The third-order valence-corrected chi connectivity index (χ3v) is 3.72. The lowest BCUT2D eigenvalue weighted by Gasteiger charge is -2.12. The molecule has 0 bridgehead atoms. The molecule has 1 aromatic rings. The van der Waals surface area contributed by atoms with Crippen molar-refractivity contribution >= 4 is 29.9 Å². The van der Waals surface area contributed by atoms with Crippen LogP contribution in [0.25, 0.3) is 0 Å². The molecule has 0 aliphatic heterocycles. The topological polar surface area (TPSA) is 54.9 Å². The minimum atomic E-state index is 0. The number of nitrogens with zero attached hydrogens (tertiary/aromatic N) is 1. The third kappa shape index (κ3) is 9.32. The summed E-state index contributed by atoms with van der Waals surface area (Å²) in [6.07, 6.45) is 3.69. The van der Waals surface area contributed by atoms with Gasteiger partial charge < -0.3 is 20.1 Å². The number of ether oxygens (including phenoxy) is 2. The van der Waals surface area contributed by atoms with Crippen LogP contribution in [0.2, 0.25) is 0 Å². The van der Waals surface area contributed by atoms with Gasteiger partial charge in [-0.05, 0) is 44.2 Å². The quantitative estimate of drug-likeness (QED) is 0.251. The highest BCUT2D eigenvalue weighted by atomic mass is 127. The van der Waals surface area contributed by atoms with E-state index in [9.17, 15) is 0 Å². The monoisotopic (exact) mass is 447 g/mol. The van der Waals surface area contributed by atoms with E-state index < -0.39 is 0 Å². The molecule has 24 heavy (non-hydrogen) atoms. The number of halogens is 1. The van der Waals surface area contributed by atoms with Crippen molar-refractivity contribution in [3.05, 3.63) is 29.8 Å². The van der Waals surface area contributed by atoms with Gasteiger partial charge in [-0.1, -0.05) is 17.7 Å². The number of hydrogen-bond acceptors (Lipinski definition) is 3. The Balaban J connectivity index is 0.00000288. The maximum absolute atomic E-state index is 5.68. The van der Waals surface area contributed by atoms with Gasteiger partial charge in [-0.2, -0.15) is 0 Å². The Bertz CT molecular complexity index is 476. The molecule has 6 heteroatoms. The zero-order valence-electron chi connectivity index (χ0n) is 14.7. The first-order chi connectivity index (χ1) is 11.3. The lowest BCUT2D eigenvalue weighted by atomic mass is 10.2. The Kier molecular flexibility index (Phi) is 10.8. The first-order valence-electron chi connectivity index (χ1n) is 8.49. The summed E-state index contributed by atoms with van der Waals surface area (Å²) in [5, 5.41) is 6.53. The van der Waals surface area contributed by atoms with E-state index in [0.717, 1.165) is 43.8 Å². The summed E-state index contributed by atoms with van der Waals surface area (Å²) >= 11 is 0. The lowest BCUT2D eigenvalue weighted by molar-refractivity contribution is 0.123. The molecule has 0 unspecified atom stereocenters. The van der Waals surface area contributed by atoms with Crippen LogP contribution in [0.1, 0.15) is 24.8 Å². The summed E-state index contributed by atoms with van der Waals surface area (Å²) < 4.78 is 11.3.